The number of nitrogens with two attached hydrogens (primary N) is 1. The van der Waals surface area contributed by atoms with Gasteiger partial charge >= 0.3 is 6.03 Å². The van der Waals surface area contributed by atoms with Crippen molar-refractivity contribution in [2.45, 2.75) is 75.9 Å². The molecular formula is C36H47Br2N7O4. The number of urea groups is 1. The van der Waals surface area contributed by atoms with Crippen molar-refractivity contribution >= 4 is 66.9 Å². The largest absolute Gasteiger partial charge is 0.397 e. The Bertz CT molecular complexity index is 1510. The molecule has 0 bridgehead atoms. The molecule has 3 fully saturated rings. The van der Waals surface area contributed by atoms with Gasteiger partial charge in [-0.3, -0.25) is 19.3 Å². The zero-order chi connectivity index (χ0) is 34.5. The van der Waals surface area contributed by atoms with Crippen molar-refractivity contribution in [1.82, 2.24) is 24.9 Å². The quantitative estimate of drug-likeness (QED) is 0.244. The number of amides is 4. The molecule has 4 amide bonds. The Morgan fingerprint density at radius 1 is 0.878 bits per heavy atom. The van der Waals surface area contributed by atoms with Crippen molar-refractivity contribution in [2.24, 2.45) is 0 Å². The zero-order valence-electron chi connectivity index (χ0n) is 28.0. The van der Waals surface area contributed by atoms with Crippen LogP contribution < -0.4 is 16.4 Å². The van der Waals surface area contributed by atoms with E-state index in [1.807, 2.05) is 29.2 Å². The first-order chi connectivity index (χ1) is 23.7. The summed E-state index contributed by atoms with van der Waals surface area (Å²) >= 11 is 6.82. The molecule has 13 heteroatoms. The van der Waals surface area contributed by atoms with Crippen LogP contribution in [0.4, 0.5) is 16.2 Å². The molecule has 2 aromatic rings. The first kappa shape index (κ1) is 35.8. The summed E-state index contributed by atoms with van der Waals surface area (Å²) in [7, 11) is 0. The molecule has 49 heavy (non-hydrogen) atoms. The number of ketones is 1. The number of hydrogen-bond acceptors (Lipinski definition) is 7. The van der Waals surface area contributed by atoms with E-state index >= 15 is 0 Å². The van der Waals surface area contributed by atoms with E-state index in [1.165, 1.54) is 32.4 Å². The fourth-order valence-corrected chi connectivity index (χ4v) is 8.96. The summed E-state index contributed by atoms with van der Waals surface area (Å²) in [6, 6.07) is 10.6. The lowest BCUT2D eigenvalue weighted by atomic mass is 9.99. The number of carbonyl (C=O) groups is 4. The molecule has 2 aromatic carbocycles. The van der Waals surface area contributed by atoms with Crippen LogP contribution in [0.2, 0.25) is 0 Å². The average molecular weight is 802 g/mol. The van der Waals surface area contributed by atoms with E-state index in [1.54, 1.807) is 17.0 Å². The summed E-state index contributed by atoms with van der Waals surface area (Å²) in [5.41, 5.74) is 8.88. The van der Waals surface area contributed by atoms with Gasteiger partial charge in [-0.05, 0) is 114 Å². The number of nitrogens with one attached hydrogen (secondary N) is 2. The monoisotopic (exact) mass is 799 g/mol. The molecule has 4 heterocycles. The van der Waals surface area contributed by atoms with E-state index in [-0.39, 0.29) is 42.6 Å². The Balaban J connectivity index is 1.08. The van der Waals surface area contributed by atoms with E-state index < -0.39 is 6.04 Å². The number of benzene rings is 2. The van der Waals surface area contributed by atoms with E-state index in [4.69, 9.17) is 5.73 Å². The van der Waals surface area contributed by atoms with Gasteiger partial charge in [-0.15, -0.1) is 0 Å². The third-order valence-corrected chi connectivity index (χ3v) is 11.9. The fourth-order valence-electron chi connectivity index (χ4n) is 7.77. The SMILES string of the molecule is Nc1c(Br)cc(C(=O)C[C@@H](NC(=O)CN2CCC(N3CCCCC3)CC2)C(=O)N2CCC(N3CCc4ccccc4NC3=O)CC2)cc1Br. The van der Waals surface area contributed by atoms with Crippen molar-refractivity contribution in [3.8, 4) is 0 Å². The second kappa shape index (κ2) is 16.3. The third-order valence-electron chi connectivity index (χ3n) is 10.6. The van der Waals surface area contributed by atoms with Gasteiger partial charge in [0.15, 0.2) is 5.78 Å². The molecule has 1 atom stereocenters. The first-order valence-corrected chi connectivity index (χ1v) is 19.2. The van der Waals surface area contributed by atoms with Crippen molar-refractivity contribution < 1.29 is 19.2 Å². The molecule has 6 rings (SSSR count). The minimum Gasteiger partial charge on any atom is -0.397 e. The second-order valence-corrected chi connectivity index (χ2v) is 15.5. The highest BCUT2D eigenvalue weighted by molar-refractivity contribution is 9.11. The summed E-state index contributed by atoms with van der Waals surface area (Å²) < 4.78 is 1.15. The number of nitrogen functional groups attached to an aromatic ring is 1. The summed E-state index contributed by atoms with van der Waals surface area (Å²) in [6.45, 7) is 5.68. The maximum atomic E-state index is 14.1. The Kier molecular flexibility index (Phi) is 11.9. The van der Waals surface area contributed by atoms with Crippen LogP contribution in [0.1, 0.15) is 67.3 Å². The molecule has 0 saturated carbocycles. The predicted molar refractivity (Wildman–Crippen MR) is 197 cm³/mol. The number of carbonyl (C=O) groups excluding carboxylic acids is 4. The topological polar surface area (TPSA) is 131 Å². The molecule has 0 aliphatic carbocycles. The number of hydrogen-bond donors (Lipinski definition) is 3. The summed E-state index contributed by atoms with van der Waals surface area (Å²) in [5.74, 6) is -0.790. The van der Waals surface area contributed by atoms with Gasteiger partial charge in [-0.1, -0.05) is 24.6 Å². The summed E-state index contributed by atoms with van der Waals surface area (Å²) in [4.78, 5) is 62.6. The van der Waals surface area contributed by atoms with Crippen molar-refractivity contribution in [1.29, 1.82) is 0 Å². The molecule has 11 nitrogen and oxygen atoms in total. The normalized spacial score (nSPS) is 20.7. The number of fused-ring (bicyclic) bond motifs is 1. The van der Waals surface area contributed by atoms with Crippen LogP contribution in [0.25, 0.3) is 0 Å². The average Bonchev–Trinajstić information content (AvgIpc) is 3.28. The van der Waals surface area contributed by atoms with Crippen LogP contribution in [0.5, 0.6) is 0 Å². The van der Waals surface area contributed by atoms with Crippen molar-refractivity contribution in [3.05, 3.63) is 56.5 Å². The molecule has 0 unspecified atom stereocenters. The highest BCUT2D eigenvalue weighted by atomic mass is 79.9. The fraction of sp³-hybridized carbons (Fsp3) is 0.556. The maximum Gasteiger partial charge on any atom is 0.322 e. The number of anilines is 2. The number of para-hydroxylation sites is 1. The third kappa shape index (κ3) is 8.84. The van der Waals surface area contributed by atoms with Crippen molar-refractivity contribution in [3.63, 3.8) is 0 Å². The number of rotatable bonds is 9. The Morgan fingerprint density at radius 2 is 1.53 bits per heavy atom. The van der Waals surface area contributed by atoms with Crippen LogP contribution in [-0.4, -0.2) is 114 Å². The van der Waals surface area contributed by atoms with Crippen LogP contribution in [0.15, 0.2) is 45.3 Å². The first-order valence-electron chi connectivity index (χ1n) is 17.6. The molecule has 264 valence electrons. The smallest absolute Gasteiger partial charge is 0.322 e. The van der Waals surface area contributed by atoms with E-state index in [9.17, 15) is 19.2 Å². The van der Waals surface area contributed by atoms with Gasteiger partial charge < -0.3 is 31.1 Å². The van der Waals surface area contributed by atoms with Crippen molar-refractivity contribution in [2.75, 3.05) is 63.4 Å². The molecular weight excluding hydrogens is 754 g/mol. The van der Waals surface area contributed by atoms with Gasteiger partial charge in [0, 0.05) is 71.4 Å². The maximum absolute atomic E-state index is 14.1. The number of nitrogens with zero attached hydrogens (tertiary/aromatic N) is 4. The highest BCUT2D eigenvalue weighted by Crippen LogP contribution is 2.31. The van der Waals surface area contributed by atoms with Crippen LogP contribution in [0.3, 0.4) is 0 Å². The Labute approximate surface area is 305 Å². The minimum absolute atomic E-state index is 0.00891. The standard InChI is InChI=1S/C36H47Br2N7O4/c37-28-20-25(21-29(38)34(28)39)32(46)22-31(40-33(47)23-42-15-9-26(10-16-42)43-13-4-1-5-14-43)35(48)44-17-11-27(12-18-44)45-19-8-24-6-2-3-7-30(24)41-36(45)49/h2-3,6-7,20-21,26-27,31H,1,4-5,8-19,22-23,39H2,(H,40,47)(H,41,49)/t31-/m1/s1. The lowest BCUT2D eigenvalue weighted by Crippen LogP contribution is -2.56. The Hall–Kier alpha value is -3.00. The van der Waals surface area contributed by atoms with Gasteiger partial charge in [-0.25, -0.2) is 4.79 Å². The van der Waals surface area contributed by atoms with Crippen LogP contribution >= 0.6 is 31.9 Å². The lowest BCUT2D eigenvalue weighted by Gasteiger charge is -2.40. The summed E-state index contributed by atoms with van der Waals surface area (Å²) in [6.07, 6.45) is 7.74. The van der Waals surface area contributed by atoms with Gasteiger partial charge in [-0.2, -0.15) is 0 Å². The number of Topliss-reactive ketones (excluding diaryl/α,β-unsaturated/α-hetero) is 1. The minimum atomic E-state index is -1.01. The molecule has 3 saturated heterocycles. The van der Waals surface area contributed by atoms with E-state index in [0.717, 1.165) is 43.6 Å². The number of likely N-dealkylation sites (tertiary alicyclic amines) is 3. The molecule has 4 aliphatic heterocycles. The Morgan fingerprint density at radius 3 is 2.22 bits per heavy atom. The van der Waals surface area contributed by atoms with Gasteiger partial charge in [0.05, 0.1) is 12.2 Å². The van der Waals surface area contributed by atoms with Crippen LogP contribution in [-0.2, 0) is 16.0 Å². The predicted octanol–water partition coefficient (Wildman–Crippen LogP) is 4.88. The van der Waals surface area contributed by atoms with Crippen LogP contribution in [0, 0.1) is 0 Å². The lowest BCUT2D eigenvalue weighted by molar-refractivity contribution is -0.138. The van der Waals surface area contributed by atoms with Gasteiger partial charge in [0.1, 0.15) is 6.04 Å². The summed E-state index contributed by atoms with van der Waals surface area (Å²) in [5, 5.41) is 6.00. The molecule has 4 aliphatic rings. The van der Waals surface area contributed by atoms with Gasteiger partial charge in [0.25, 0.3) is 0 Å². The molecule has 0 aromatic heterocycles. The highest BCUT2D eigenvalue weighted by Gasteiger charge is 2.35. The molecule has 0 spiro atoms. The molecule has 4 N–H and O–H groups in total. The van der Waals surface area contributed by atoms with E-state index in [0.29, 0.717) is 58.7 Å². The number of piperidine rings is 3. The van der Waals surface area contributed by atoms with Gasteiger partial charge in [0.2, 0.25) is 11.8 Å². The number of halogens is 2. The molecule has 0 radical (unpaired) electrons. The van der Waals surface area contributed by atoms with E-state index in [2.05, 4.69) is 52.3 Å². The second-order valence-electron chi connectivity index (χ2n) is 13.8. The zero-order valence-corrected chi connectivity index (χ0v) is 31.1.